The maximum atomic E-state index is 11.1. The summed E-state index contributed by atoms with van der Waals surface area (Å²) < 4.78 is 33.4. The van der Waals surface area contributed by atoms with Crippen molar-refractivity contribution in [3.63, 3.8) is 0 Å². The van der Waals surface area contributed by atoms with Crippen molar-refractivity contribution in [3.05, 3.63) is 29.3 Å². The predicted molar refractivity (Wildman–Crippen MR) is 113 cm³/mol. The molecule has 28 heavy (non-hydrogen) atoms. The Labute approximate surface area is 196 Å². The topological polar surface area (TPSA) is 57.2 Å². The fourth-order valence-electron chi connectivity index (χ4n) is 3.58. The molecule has 5 heteroatoms. The van der Waals surface area contributed by atoms with Crippen LogP contribution < -0.4 is 29.6 Å². The van der Waals surface area contributed by atoms with E-state index in [0.29, 0.717) is 0 Å². The largest absolute Gasteiger partial charge is 1.00 e. The molecule has 0 unspecified atom stereocenters. The summed E-state index contributed by atoms with van der Waals surface area (Å²) in [5, 5.41) is 0. The number of aryl methyl sites for hydroxylation is 2. The first-order valence-electron chi connectivity index (χ1n) is 11.0. The molecule has 0 saturated heterocycles. The normalized spacial score (nSPS) is 11.4. The van der Waals surface area contributed by atoms with Gasteiger partial charge in [-0.15, -0.1) is 0 Å². The van der Waals surface area contributed by atoms with E-state index in [0.717, 1.165) is 24.0 Å². The van der Waals surface area contributed by atoms with Gasteiger partial charge in [-0.2, -0.15) is 0 Å². The van der Waals surface area contributed by atoms with Crippen molar-refractivity contribution in [2.45, 2.75) is 115 Å². The molecule has 0 spiro atoms. The van der Waals surface area contributed by atoms with Crippen LogP contribution in [0.2, 0.25) is 0 Å². The zero-order valence-corrected chi connectivity index (χ0v) is 21.3. The minimum atomic E-state index is -4.35. The van der Waals surface area contributed by atoms with Crippen LogP contribution in [-0.4, -0.2) is 13.0 Å². The molecule has 1 rings (SSSR count). The quantitative estimate of drug-likeness (QED) is 0.232. The van der Waals surface area contributed by atoms with Gasteiger partial charge in [0.25, 0.3) is 0 Å². The van der Waals surface area contributed by atoms with Crippen molar-refractivity contribution in [3.8, 4) is 0 Å². The van der Waals surface area contributed by atoms with Crippen molar-refractivity contribution in [2.75, 3.05) is 0 Å². The fraction of sp³-hybridized carbons (Fsp3) is 0.739. The Morgan fingerprint density at radius 1 is 0.750 bits per heavy atom. The van der Waals surface area contributed by atoms with Gasteiger partial charge in [0.2, 0.25) is 0 Å². The van der Waals surface area contributed by atoms with Crippen LogP contribution >= 0.6 is 0 Å². The molecule has 1 aromatic rings. The molecule has 3 nitrogen and oxygen atoms in total. The maximum Gasteiger partial charge on any atom is 1.00 e. The van der Waals surface area contributed by atoms with Gasteiger partial charge in [0.05, 0.1) is 4.90 Å². The molecule has 0 bridgehead atoms. The first kappa shape index (κ1) is 28.1. The van der Waals surface area contributed by atoms with Crippen LogP contribution in [0.3, 0.4) is 0 Å². The molecule has 1 aromatic carbocycles. The third-order valence-electron chi connectivity index (χ3n) is 5.41. The van der Waals surface area contributed by atoms with Gasteiger partial charge < -0.3 is 4.55 Å². The standard InChI is InChI=1S/C23H40O3S.Na/c1-3-4-5-6-7-8-9-10-11-12-13-14-15-16-17-22-20-23(27(24,25)26)19-18-21(22)2;/h18-20H,3-17H2,1-2H3,(H,24,25,26);/q;+1/p-1. The van der Waals surface area contributed by atoms with Crippen LogP contribution in [0.1, 0.15) is 108 Å². The van der Waals surface area contributed by atoms with E-state index in [-0.39, 0.29) is 34.5 Å². The second-order valence-electron chi connectivity index (χ2n) is 7.89. The molecule has 0 fully saturated rings. The van der Waals surface area contributed by atoms with Crippen molar-refractivity contribution < 1.29 is 42.5 Å². The Balaban J connectivity index is 0.00000729. The molecule has 0 aromatic heterocycles. The van der Waals surface area contributed by atoms with E-state index in [9.17, 15) is 13.0 Å². The second kappa shape index (κ2) is 16.9. The fourth-order valence-corrected chi connectivity index (χ4v) is 4.10. The summed E-state index contributed by atoms with van der Waals surface area (Å²) in [6.45, 7) is 4.24. The maximum absolute atomic E-state index is 11.1. The number of unbranched alkanes of at least 4 members (excludes halogenated alkanes) is 13. The summed E-state index contributed by atoms with van der Waals surface area (Å²) in [5.74, 6) is 0. The molecule has 0 saturated carbocycles. The molecule has 0 aliphatic heterocycles. The van der Waals surface area contributed by atoms with Crippen LogP contribution in [0, 0.1) is 6.92 Å². The number of benzene rings is 1. The smallest absolute Gasteiger partial charge is 0.744 e. The van der Waals surface area contributed by atoms with Gasteiger partial charge in [0.1, 0.15) is 10.1 Å². The van der Waals surface area contributed by atoms with Crippen molar-refractivity contribution in [1.82, 2.24) is 0 Å². The van der Waals surface area contributed by atoms with E-state index in [1.54, 1.807) is 12.1 Å². The van der Waals surface area contributed by atoms with Crippen LogP contribution in [0.15, 0.2) is 23.1 Å². The van der Waals surface area contributed by atoms with E-state index >= 15 is 0 Å². The van der Waals surface area contributed by atoms with Gasteiger partial charge in [0, 0.05) is 0 Å². The summed E-state index contributed by atoms with van der Waals surface area (Å²) in [7, 11) is -4.35. The molecule has 0 heterocycles. The zero-order valence-electron chi connectivity index (χ0n) is 18.5. The Kier molecular flexibility index (Phi) is 17.0. The Morgan fingerprint density at radius 2 is 1.18 bits per heavy atom. The average molecular weight is 419 g/mol. The summed E-state index contributed by atoms with van der Waals surface area (Å²) in [6.07, 6.45) is 19.4. The molecule has 0 aliphatic carbocycles. The van der Waals surface area contributed by atoms with E-state index in [1.807, 2.05) is 6.92 Å². The number of hydrogen-bond donors (Lipinski definition) is 0. The Bertz CT molecular complexity index is 614. The van der Waals surface area contributed by atoms with E-state index in [1.165, 1.54) is 89.5 Å². The minimum Gasteiger partial charge on any atom is -0.744 e. The molecule has 0 radical (unpaired) electrons. The van der Waals surface area contributed by atoms with Crippen LogP contribution in [-0.2, 0) is 16.5 Å². The van der Waals surface area contributed by atoms with Crippen LogP contribution in [0.25, 0.3) is 0 Å². The molecule has 0 aliphatic rings. The van der Waals surface area contributed by atoms with Gasteiger partial charge in [0.15, 0.2) is 0 Å². The average Bonchev–Trinajstić information content (AvgIpc) is 2.62. The number of hydrogen-bond acceptors (Lipinski definition) is 3. The third kappa shape index (κ3) is 13.4. The van der Waals surface area contributed by atoms with Gasteiger partial charge in [-0.25, -0.2) is 8.42 Å². The third-order valence-corrected chi connectivity index (χ3v) is 6.24. The number of rotatable bonds is 16. The molecule has 156 valence electrons. The Hall–Kier alpha value is 0.130. The van der Waals surface area contributed by atoms with Crippen LogP contribution in [0.4, 0.5) is 0 Å². The molecule has 0 atom stereocenters. The second-order valence-corrected chi connectivity index (χ2v) is 9.27. The van der Waals surface area contributed by atoms with Gasteiger partial charge in [-0.05, 0) is 43.0 Å². The predicted octanol–water partition coefficient (Wildman–Crippen LogP) is 3.93. The SMILES string of the molecule is CCCCCCCCCCCCCCCCc1cc(S(=O)(=O)[O-])ccc1C.[Na+]. The monoisotopic (exact) mass is 418 g/mol. The minimum absolute atomic E-state index is 0. The van der Waals surface area contributed by atoms with Crippen molar-refractivity contribution in [1.29, 1.82) is 0 Å². The molecule has 0 amide bonds. The van der Waals surface area contributed by atoms with Gasteiger partial charge in [-0.3, -0.25) is 0 Å². The van der Waals surface area contributed by atoms with Crippen molar-refractivity contribution >= 4 is 10.1 Å². The Morgan fingerprint density at radius 3 is 1.61 bits per heavy atom. The summed E-state index contributed by atoms with van der Waals surface area (Å²) >= 11 is 0. The summed E-state index contributed by atoms with van der Waals surface area (Å²) in [5.41, 5.74) is 2.06. The van der Waals surface area contributed by atoms with E-state index in [2.05, 4.69) is 6.92 Å². The van der Waals surface area contributed by atoms with E-state index in [4.69, 9.17) is 0 Å². The summed E-state index contributed by atoms with van der Waals surface area (Å²) in [6, 6.07) is 4.70. The first-order chi connectivity index (χ1) is 12.9. The van der Waals surface area contributed by atoms with E-state index < -0.39 is 10.1 Å². The summed E-state index contributed by atoms with van der Waals surface area (Å²) in [4.78, 5) is -0.103. The zero-order chi connectivity index (χ0) is 20.0. The first-order valence-corrected chi connectivity index (χ1v) is 12.4. The molecular formula is C23H39NaO3S. The molecular weight excluding hydrogens is 379 g/mol. The molecule has 0 N–H and O–H groups in total. The van der Waals surface area contributed by atoms with Gasteiger partial charge >= 0.3 is 29.6 Å². The van der Waals surface area contributed by atoms with Crippen LogP contribution in [0.5, 0.6) is 0 Å². The van der Waals surface area contributed by atoms with Crippen molar-refractivity contribution in [2.24, 2.45) is 0 Å². The van der Waals surface area contributed by atoms with Gasteiger partial charge in [-0.1, -0.05) is 96.5 Å².